The third-order valence-corrected chi connectivity index (χ3v) is 2.92. The number of hydroxylamine groups is 2. The Bertz CT molecular complexity index is 395. The van der Waals surface area contributed by atoms with E-state index in [0.29, 0.717) is 10.0 Å². The molecule has 0 atom stereocenters. The average molecular weight is 276 g/mol. The van der Waals surface area contributed by atoms with Crippen LogP contribution in [0.3, 0.4) is 0 Å². The van der Waals surface area contributed by atoms with Gasteiger partial charge < -0.3 is 0 Å². The molecule has 0 aliphatic heterocycles. The number of carbonyl (C=O) groups is 1. The summed E-state index contributed by atoms with van der Waals surface area (Å²) >= 11 is 3.18. The van der Waals surface area contributed by atoms with Crippen molar-refractivity contribution in [2.75, 3.05) is 14.2 Å². The van der Waals surface area contributed by atoms with Gasteiger partial charge in [0.15, 0.2) is 0 Å². The van der Waals surface area contributed by atoms with Crippen LogP contribution in [-0.2, 0) is 4.84 Å². The molecule has 0 heterocycles. The van der Waals surface area contributed by atoms with Crippen LogP contribution in [0, 0.1) is 12.7 Å². The maximum Gasteiger partial charge on any atom is 0.277 e. The Morgan fingerprint density at radius 2 is 2.13 bits per heavy atom. The van der Waals surface area contributed by atoms with Crippen molar-refractivity contribution < 1.29 is 14.0 Å². The number of hydrogen-bond acceptors (Lipinski definition) is 2. The van der Waals surface area contributed by atoms with E-state index >= 15 is 0 Å². The molecule has 0 fully saturated rings. The molecule has 0 spiro atoms. The highest BCUT2D eigenvalue weighted by atomic mass is 79.9. The van der Waals surface area contributed by atoms with E-state index in [0.717, 1.165) is 5.06 Å². The molecule has 0 radical (unpaired) electrons. The van der Waals surface area contributed by atoms with E-state index < -0.39 is 5.82 Å². The lowest BCUT2D eigenvalue weighted by atomic mass is 10.1. The van der Waals surface area contributed by atoms with E-state index in [2.05, 4.69) is 15.9 Å². The third kappa shape index (κ3) is 2.54. The second kappa shape index (κ2) is 4.72. The first-order valence-corrected chi connectivity index (χ1v) is 5.04. The fraction of sp³-hybridized carbons (Fsp3) is 0.300. The lowest BCUT2D eigenvalue weighted by Gasteiger charge is -2.15. The summed E-state index contributed by atoms with van der Waals surface area (Å²) in [4.78, 5) is 16.5. The van der Waals surface area contributed by atoms with Crippen molar-refractivity contribution in [2.45, 2.75) is 6.92 Å². The second-order valence-corrected chi connectivity index (χ2v) is 3.90. The highest BCUT2D eigenvalue weighted by Gasteiger charge is 2.16. The summed E-state index contributed by atoms with van der Waals surface area (Å²) < 4.78 is 13.7. The van der Waals surface area contributed by atoms with Crippen molar-refractivity contribution in [1.82, 2.24) is 5.06 Å². The highest BCUT2D eigenvalue weighted by Crippen LogP contribution is 2.22. The fourth-order valence-corrected chi connectivity index (χ4v) is 1.55. The summed E-state index contributed by atoms with van der Waals surface area (Å²) in [6.45, 7) is 1.74. The molecular weight excluding hydrogens is 265 g/mol. The summed E-state index contributed by atoms with van der Waals surface area (Å²) in [6.07, 6.45) is 0. The van der Waals surface area contributed by atoms with Crippen molar-refractivity contribution in [3.63, 3.8) is 0 Å². The highest BCUT2D eigenvalue weighted by molar-refractivity contribution is 9.10. The zero-order chi connectivity index (χ0) is 11.6. The van der Waals surface area contributed by atoms with Crippen LogP contribution in [0.1, 0.15) is 15.9 Å². The van der Waals surface area contributed by atoms with Crippen molar-refractivity contribution >= 4 is 21.8 Å². The van der Waals surface area contributed by atoms with Crippen molar-refractivity contribution in [3.8, 4) is 0 Å². The van der Waals surface area contributed by atoms with Gasteiger partial charge in [-0.05, 0) is 24.6 Å². The molecule has 82 valence electrons. The van der Waals surface area contributed by atoms with E-state index in [1.807, 2.05) is 0 Å². The van der Waals surface area contributed by atoms with Crippen LogP contribution in [0.2, 0.25) is 0 Å². The van der Waals surface area contributed by atoms with Crippen molar-refractivity contribution in [1.29, 1.82) is 0 Å². The molecular formula is C10H11BrFNO2. The molecule has 1 rings (SSSR count). The Kier molecular flexibility index (Phi) is 3.82. The normalized spacial score (nSPS) is 10.2. The average Bonchev–Trinajstić information content (AvgIpc) is 2.21. The molecule has 0 aromatic heterocycles. The molecule has 5 heteroatoms. The smallest absolute Gasteiger partial charge is 0.274 e. The van der Waals surface area contributed by atoms with Crippen LogP contribution in [-0.4, -0.2) is 25.1 Å². The third-order valence-electron chi connectivity index (χ3n) is 2.10. The molecule has 0 aliphatic carbocycles. The first kappa shape index (κ1) is 12.1. The Morgan fingerprint density at radius 1 is 1.53 bits per heavy atom. The summed E-state index contributed by atoms with van der Waals surface area (Å²) in [7, 11) is 2.85. The van der Waals surface area contributed by atoms with E-state index in [1.165, 1.54) is 26.3 Å². The van der Waals surface area contributed by atoms with Gasteiger partial charge in [0, 0.05) is 17.1 Å². The largest absolute Gasteiger partial charge is 0.277 e. The molecule has 1 amide bonds. The van der Waals surface area contributed by atoms with E-state index in [1.54, 1.807) is 6.92 Å². The Labute approximate surface area is 95.9 Å². The minimum atomic E-state index is -0.458. The maximum absolute atomic E-state index is 13.1. The zero-order valence-electron chi connectivity index (χ0n) is 8.67. The molecule has 1 aromatic rings. The lowest BCUT2D eigenvalue weighted by molar-refractivity contribution is -0.0757. The molecule has 15 heavy (non-hydrogen) atoms. The van der Waals surface area contributed by atoms with Gasteiger partial charge in [0.05, 0.1) is 7.11 Å². The van der Waals surface area contributed by atoms with Crippen molar-refractivity contribution in [2.24, 2.45) is 0 Å². The van der Waals surface area contributed by atoms with Gasteiger partial charge in [0.1, 0.15) is 5.82 Å². The van der Waals surface area contributed by atoms with E-state index in [-0.39, 0.29) is 11.5 Å². The standard InChI is InChI=1S/C10H11BrFNO2/c1-6-8(10(14)13(2)15-3)4-7(12)5-9(6)11/h4-5H,1-3H3. The number of halogens is 2. The summed E-state index contributed by atoms with van der Waals surface area (Å²) in [5.74, 6) is -0.837. The van der Waals surface area contributed by atoms with Crippen LogP contribution in [0.15, 0.2) is 16.6 Å². The second-order valence-electron chi connectivity index (χ2n) is 3.05. The molecule has 1 aromatic carbocycles. The van der Waals surface area contributed by atoms with Crippen LogP contribution in [0.5, 0.6) is 0 Å². The van der Waals surface area contributed by atoms with Gasteiger partial charge in [0.25, 0.3) is 5.91 Å². The van der Waals surface area contributed by atoms with Crippen molar-refractivity contribution in [3.05, 3.63) is 33.5 Å². The summed E-state index contributed by atoms with van der Waals surface area (Å²) in [6, 6.07) is 2.51. The molecule has 0 bridgehead atoms. The van der Waals surface area contributed by atoms with Gasteiger partial charge in [0.2, 0.25) is 0 Å². The zero-order valence-corrected chi connectivity index (χ0v) is 10.3. The van der Waals surface area contributed by atoms with Gasteiger partial charge >= 0.3 is 0 Å². The summed E-state index contributed by atoms with van der Waals surface area (Å²) in [5, 5.41) is 1.05. The maximum atomic E-state index is 13.1. The first-order valence-electron chi connectivity index (χ1n) is 4.25. The van der Waals surface area contributed by atoms with Gasteiger partial charge in [-0.25, -0.2) is 9.45 Å². The molecule has 0 saturated heterocycles. The van der Waals surface area contributed by atoms with Crippen LogP contribution in [0.25, 0.3) is 0 Å². The number of nitrogens with zero attached hydrogens (tertiary/aromatic N) is 1. The van der Waals surface area contributed by atoms with Crippen LogP contribution < -0.4 is 0 Å². The Morgan fingerprint density at radius 3 is 2.67 bits per heavy atom. The number of amides is 1. The van der Waals surface area contributed by atoms with E-state index in [9.17, 15) is 9.18 Å². The molecule has 0 N–H and O–H groups in total. The molecule has 0 aliphatic rings. The minimum absolute atomic E-state index is 0.284. The van der Waals surface area contributed by atoms with Gasteiger partial charge in [-0.2, -0.15) is 0 Å². The lowest BCUT2D eigenvalue weighted by Crippen LogP contribution is -2.26. The molecule has 0 unspecified atom stereocenters. The van der Waals surface area contributed by atoms with Gasteiger partial charge in [-0.15, -0.1) is 0 Å². The van der Waals surface area contributed by atoms with Crippen LogP contribution >= 0.6 is 15.9 Å². The van der Waals surface area contributed by atoms with Gasteiger partial charge in [-0.1, -0.05) is 15.9 Å². The molecule has 3 nitrogen and oxygen atoms in total. The quantitative estimate of drug-likeness (QED) is 0.777. The number of carbonyl (C=O) groups excluding carboxylic acids is 1. The van der Waals surface area contributed by atoms with Crippen LogP contribution in [0.4, 0.5) is 4.39 Å². The topological polar surface area (TPSA) is 29.5 Å². The predicted octanol–water partition coefficient (Wildman–Crippen LogP) is 2.53. The monoisotopic (exact) mass is 275 g/mol. The van der Waals surface area contributed by atoms with E-state index in [4.69, 9.17) is 4.84 Å². The number of hydrogen-bond donors (Lipinski definition) is 0. The first-order chi connectivity index (χ1) is 6.97. The summed E-state index contributed by atoms with van der Waals surface area (Å²) in [5.41, 5.74) is 0.969. The molecule has 0 saturated carbocycles. The predicted molar refractivity (Wildman–Crippen MR) is 57.9 cm³/mol. The van der Waals surface area contributed by atoms with Gasteiger partial charge in [-0.3, -0.25) is 9.63 Å². The number of rotatable bonds is 2. The Balaban J connectivity index is 3.19. The SMILES string of the molecule is CON(C)C(=O)c1cc(F)cc(Br)c1C. The minimum Gasteiger partial charge on any atom is -0.274 e. The number of benzene rings is 1. The Hall–Kier alpha value is -0.940. The fourth-order valence-electron chi connectivity index (χ4n) is 1.12.